The van der Waals surface area contributed by atoms with Crippen LogP contribution in [-0.2, 0) is 4.74 Å². The van der Waals surface area contributed by atoms with Gasteiger partial charge in [0.15, 0.2) is 0 Å². The third-order valence-electron chi connectivity index (χ3n) is 2.00. The van der Waals surface area contributed by atoms with Crippen molar-refractivity contribution in [3.05, 3.63) is 0 Å². The van der Waals surface area contributed by atoms with E-state index in [1.165, 1.54) is 19.3 Å². The average Bonchev–Trinajstić information content (AvgIpc) is 2.81. The molecule has 1 heterocycles. The number of aliphatic hydroxyl groups excluding tert-OH is 1. The monoisotopic (exact) mass is 168 g/mol. The third-order valence-corrected chi connectivity index (χ3v) is 2.00. The van der Waals surface area contributed by atoms with Gasteiger partial charge in [0, 0.05) is 0 Å². The van der Waals surface area contributed by atoms with E-state index in [4.69, 9.17) is 9.84 Å². The molecule has 1 aliphatic rings. The van der Waals surface area contributed by atoms with Crippen LogP contribution in [0, 0.1) is 11.8 Å². The Morgan fingerprint density at radius 1 is 1.42 bits per heavy atom. The van der Waals surface area contributed by atoms with Gasteiger partial charge in [0.05, 0.1) is 6.10 Å². The number of ether oxygens (including phenoxy) is 1. The van der Waals surface area contributed by atoms with E-state index in [2.05, 4.69) is 18.8 Å². The summed E-state index contributed by atoms with van der Waals surface area (Å²) in [6.07, 6.45) is 5.36. The highest BCUT2D eigenvalue weighted by Gasteiger charge is 2.36. The summed E-state index contributed by atoms with van der Waals surface area (Å²) in [5, 5.41) is 8.41. The highest BCUT2D eigenvalue weighted by atomic mass is 16.6. The molecule has 0 bridgehead atoms. The second kappa shape index (κ2) is 5.18. The summed E-state index contributed by atoms with van der Waals surface area (Å²) < 4.78 is 5.28. The van der Waals surface area contributed by atoms with Crippen molar-refractivity contribution in [3.8, 4) is 11.8 Å². The standard InChI is InChI=1S/C10H16O2/c1-2-3-4-6-9-10(12-9)7-5-8-11/h9-11H,2-4,6,8H2,1H3. The molecule has 1 aliphatic heterocycles. The minimum Gasteiger partial charge on any atom is -0.384 e. The molecule has 1 saturated heterocycles. The second-order valence-corrected chi connectivity index (χ2v) is 3.07. The first-order valence-electron chi connectivity index (χ1n) is 4.63. The number of aliphatic hydroxyl groups is 1. The quantitative estimate of drug-likeness (QED) is 0.390. The fourth-order valence-electron chi connectivity index (χ4n) is 1.23. The number of hydrogen-bond acceptors (Lipinski definition) is 2. The van der Waals surface area contributed by atoms with Crippen molar-refractivity contribution in [3.63, 3.8) is 0 Å². The van der Waals surface area contributed by atoms with Crippen molar-refractivity contribution >= 4 is 0 Å². The van der Waals surface area contributed by atoms with Gasteiger partial charge in [-0.25, -0.2) is 0 Å². The fourth-order valence-corrected chi connectivity index (χ4v) is 1.23. The van der Waals surface area contributed by atoms with Crippen molar-refractivity contribution in [2.24, 2.45) is 0 Å². The van der Waals surface area contributed by atoms with Crippen LogP contribution < -0.4 is 0 Å². The van der Waals surface area contributed by atoms with Gasteiger partial charge in [-0.2, -0.15) is 0 Å². The van der Waals surface area contributed by atoms with E-state index in [1.54, 1.807) is 0 Å². The van der Waals surface area contributed by atoms with Crippen molar-refractivity contribution in [1.29, 1.82) is 0 Å². The van der Waals surface area contributed by atoms with Crippen LogP contribution >= 0.6 is 0 Å². The van der Waals surface area contributed by atoms with Crippen LogP contribution in [0.5, 0.6) is 0 Å². The van der Waals surface area contributed by atoms with Gasteiger partial charge < -0.3 is 9.84 Å². The van der Waals surface area contributed by atoms with Crippen LogP contribution in [-0.4, -0.2) is 23.9 Å². The summed E-state index contributed by atoms with van der Waals surface area (Å²) in [5.41, 5.74) is 0. The summed E-state index contributed by atoms with van der Waals surface area (Å²) >= 11 is 0. The van der Waals surface area contributed by atoms with Crippen molar-refractivity contribution < 1.29 is 9.84 Å². The molecule has 0 aromatic heterocycles. The van der Waals surface area contributed by atoms with E-state index in [9.17, 15) is 0 Å². The zero-order chi connectivity index (χ0) is 8.81. The second-order valence-electron chi connectivity index (χ2n) is 3.07. The number of rotatable bonds is 4. The van der Waals surface area contributed by atoms with Crippen LogP contribution in [0.15, 0.2) is 0 Å². The predicted octanol–water partition coefficient (Wildman–Crippen LogP) is 1.33. The molecule has 0 aliphatic carbocycles. The first-order valence-corrected chi connectivity index (χ1v) is 4.63. The Bertz CT molecular complexity index is 178. The Hall–Kier alpha value is -0.520. The van der Waals surface area contributed by atoms with E-state index in [0.29, 0.717) is 6.10 Å². The van der Waals surface area contributed by atoms with Gasteiger partial charge in [0.25, 0.3) is 0 Å². The lowest BCUT2D eigenvalue weighted by atomic mass is 10.1. The first-order chi connectivity index (χ1) is 5.88. The molecule has 1 rings (SSSR count). The molecule has 2 heteroatoms. The van der Waals surface area contributed by atoms with E-state index < -0.39 is 0 Å². The Morgan fingerprint density at radius 2 is 2.25 bits per heavy atom. The molecule has 0 radical (unpaired) electrons. The lowest BCUT2D eigenvalue weighted by Crippen LogP contribution is -1.91. The lowest BCUT2D eigenvalue weighted by molar-refractivity contribution is 0.349. The molecule has 2 nitrogen and oxygen atoms in total. The first kappa shape index (κ1) is 9.57. The Morgan fingerprint density at radius 3 is 2.92 bits per heavy atom. The topological polar surface area (TPSA) is 32.8 Å². The fraction of sp³-hybridized carbons (Fsp3) is 0.800. The molecule has 2 atom stereocenters. The van der Waals surface area contributed by atoms with Gasteiger partial charge >= 0.3 is 0 Å². The van der Waals surface area contributed by atoms with Crippen molar-refractivity contribution in [2.75, 3.05) is 6.61 Å². The van der Waals surface area contributed by atoms with Crippen molar-refractivity contribution in [2.45, 2.75) is 44.8 Å². The highest BCUT2D eigenvalue weighted by molar-refractivity contribution is 5.13. The maximum Gasteiger partial charge on any atom is 0.144 e. The summed E-state index contributed by atoms with van der Waals surface area (Å²) in [4.78, 5) is 0. The van der Waals surface area contributed by atoms with Gasteiger partial charge in [-0.05, 0) is 6.42 Å². The SMILES string of the molecule is CCCCCC1OC1C#CCO. The largest absolute Gasteiger partial charge is 0.384 e. The van der Waals surface area contributed by atoms with Gasteiger partial charge in [0.1, 0.15) is 12.7 Å². The molecular formula is C10H16O2. The molecule has 0 saturated carbocycles. The Balaban J connectivity index is 2.00. The molecule has 0 aromatic carbocycles. The van der Waals surface area contributed by atoms with E-state index in [1.807, 2.05) is 0 Å². The summed E-state index contributed by atoms with van der Waals surface area (Å²) in [6.45, 7) is 2.14. The average molecular weight is 168 g/mol. The number of epoxide rings is 1. The summed E-state index contributed by atoms with van der Waals surface area (Å²) in [7, 11) is 0. The van der Waals surface area contributed by atoms with E-state index >= 15 is 0 Å². The van der Waals surface area contributed by atoms with Crippen LogP contribution in [0.3, 0.4) is 0 Å². The molecule has 0 spiro atoms. The number of hydrogen-bond donors (Lipinski definition) is 1. The summed E-state index contributed by atoms with van der Waals surface area (Å²) in [5.74, 6) is 5.47. The molecule has 2 unspecified atom stereocenters. The normalized spacial score (nSPS) is 26.2. The van der Waals surface area contributed by atoms with Crippen LogP contribution in [0.2, 0.25) is 0 Å². The minimum absolute atomic E-state index is 0.0540. The number of unbranched alkanes of at least 4 members (excludes halogenated alkanes) is 2. The highest BCUT2D eigenvalue weighted by Crippen LogP contribution is 2.26. The van der Waals surface area contributed by atoms with Crippen LogP contribution in [0.1, 0.15) is 32.6 Å². The Kier molecular flexibility index (Phi) is 4.13. The molecule has 1 fully saturated rings. The predicted molar refractivity (Wildman–Crippen MR) is 47.7 cm³/mol. The smallest absolute Gasteiger partial charge is 0.144 e. The van der Waals surface area contributed by atoms with Gasteiger partial charge in [0.2, 0.25) is 0 Å². The summed E-state index contributed by atoms with van der Waals surface area (Å²) in [6, 6.07) is 0. The van der Waals surface area contributed by atoms with Gasteiger partial charge in [-0.15, -0.1) is 0 Å². The van der Waals surface area contributed by atoms with Crippen molar-refractivity contribution in [1.82, 2.24) is 0 Å². The molecule has 0 amide bonds. The lowest BCUT2D eigenvalue weighted by Gasteiger charge is -1.91. The molecular weight excluding hydrogens is 152 g/mol. The molecule has 1 N–H and O–H groups in total. The van der Waals surface area contributed by atoms with Crippen LogP contribution in [0.25, 0.3) is 0 Å². The maximum absolute atomic E-state index is 8.41. The Labute approximate surface area is 73.9 Å². The molecule has 68 valence electrons. The van der Waals surface area contributed by atoms with Gasteiger partial charge in [-0.1, -0.05) is 38.0 Å². The van der Waals surface area contributed by atoms with E-state index in [0.717, 1.165) is 6.42 Å². The zero-order valence-electron chi connectivity index (χ0n) is 7.55. The van der Waals surface area contributed by atoms with E-state index in [-0.39, 0.29) is 12.7 Å². The molecule has 0 aromatic rings. The third kappa shape index (κ3) is 3.25. The maximum atomic E-state index is 8.41. The van der Waals surface area contributed by atoms with Crippen LogP contribution in [0.4, 0.5) is 0 Å². The van der Waals surface area contributed by atoms with Gasteiger partial charge in [-0.3, -0.25) is 0 Å². The zero-order valence-corrected chi connectivity index (χ0v) is 7.55. The molecule has 12 heavy (non-hydrogen) atoms. The minimum atomic E-state index is -0.0540.